The first kappa shape index (κ1) is 15.9. The molecule has 124 valence electrons. The summed E-state index contributed by atoms with van der Waals surface area (Å²) in [5.74, 6) is 1.84. The lowest BCUT2D eigenvalue weighted by molar-refractivity contribution is 0.464. The molecule has 0 aliphatic carbocycles. The van der Waals surface area contributed by atoms with Crippen LogP contribution in [0, 0.1) is 0 Å². The van der Waals surface area contributed by atoms with Gasteiger partial charge in [-0.05, 0) is 30.3 Å². The Morgan fingerprint density at radius 1 is 0.800 bits per heavy atom. The SMILES string of the molecule is Clc1cccc(-c2nnc(SCc3nnc(-c4ccccc4)o3)o2)c1. The van der Waals surface area contributed by atoms with Crippen molar-refractivity contribution in [3.8, 4) is 22.9 Å². The molecular weight excluding hydrogens is 360 g/mol. The molecular formula is C17H11ClN4O2S. The van der Waals surface area contributed by atoms with Crippen LogP contribution in [0.1, 0.15) is 5.89 Å². The van der Waals surface area contributed by atoms with Gasteiger partial charge in [-0.1, -0.05) is 47.6 Å². The number of benzene rings is 2. The van der Waals surface area contributed by atoms with Crippen molar-refractivity contribution >= 4 is 23.4 Å². The molecule has 0 amide bonds. The van der Waals surface area contributed by atoms with Crippen LogP contribution in [0.2, 0.25) is 5.02 Å². The number of thioether (sulfide) groups is 1. The fraction of sp³-hybridized carbons (Fsp3) is 0.0588. The summed E-state index contributed by atoms with van der Waals surface area (Å²) in [6.45, 7) is 0. The summed E-state index contributed by atoms with van der Waals surface area (Å²) in [6, 6.07) is 16.9. The summed E-state index contributed by atoms with van der Waals surface area (Å²) in [5.41, 5.74) is 1.66. The van der Waals surface area contributed by atoms with E-state index in [1.165, 1.54) is 11.8 Å². The third-order valence-corrected chi connectivity index (χ3v) is 4.32. The van der Waals surface area contributed by atoms with Crippen molar-refractivity contribution in [3.05, 3.63) is 65.5 Å². The zero-order valence-corrected chi connectivity index (χ0v) is 14.4. The second kappa shape index (κ2) is 7.08. The molecule has 0 aliphatic heterocycles. The van der Waals surface area contributed by atoms with Gasteiger partial charge in [0.25, 0.3) is 5.22 Å². The van der Waals surface area contributed by atoms with Crippen LogP contribution in [-0.2, 0) is 5.75 Å². The molecule has 0 aliphatic rings. The molecule has 2 heterocycles. The van der Waals surface area contributed by atoms with Gasteiger partial charge in [0.05, 0.1) is 5.75 Å². The van der Waals surface area contributed by atoms with Crippen molar-refractivity contribution in [2.24, 2.45) is 0 Å². The van der Waals surface area contributed by atoms with Gasteiger partial charge in [-0.15, -0.1) is 20.4 Å². The summed E-state index contributed by atoms with van der Waals surface area (Å²) < 4.78 is 11.3. The lowest BCUT2D eigenvalue weighted by atomic mass is 10.2. The number of aromatic nitrogens is 4. The number of hydrogen-bond acceptors (Lipinski definition) is 7. The Balaban J connectivity index is 1.43. The Hall–Kier alpha value is -2.64. The maximum Gasteiger partial charge on any atom is 0.277 e. The van der Waals surface area contributed by atoms with Gasteiger partial charge in [0, 0.05) is 16.1 Å². The van der Waals surface area contributed by atoms with E-state index in [1.54, 1.807) is 12.1 Å². The van der Waals surface area contributed by atoms with Gasteiger partial charge in [-0.2, -0.15) is 0 Å². The molecule has 2 aromatic heterocycles. The molecule has 4 rings (SSSR count). The van der Waals surface area contributed by atoms with E-state index in [0.717, 1.165) is 11.1 Å². The number of rotatable bonds is 5. The molecule has 0 radical (unpaired) electrons. The molecule has 25 heavy (non-hydrogen) atoms. The second-order valence-electron chi connectivity index (χ2n) is 5.04. The molecule has 0 fully saturated rings. The van der Waals surface area contributed by atoms with E-state index in [4.69, 9.17) is 20.4 Å². The summed E-state index contributed by atoms with van der Waals surface area (Å²) in [5, 5.41) is 17.2. The minimum atomic E-state index is 0.417. The van der Waals surface area contributed by atoms with Crippen LogP contribution in [0.3, 0.4) is 0 Å². The van der Waals surface area contributed by atoms with Crippen molar-refractivity contribution in [3.63, 3.8) is 0 Å². The first-order valence-corrected chi connectivity index (χ1v) is 8.74. The van der Waals surface area contributed by atoms with E-state index in [1.807, 2.05) is 42.5 Å². The highest BCUT2D eigenvalue weighted by atomic mass is 35.5. The van der Waals surface area contributed by atoms with Gasteiger partial charge >= 0.3 is 0 Å². The Morgan fingerprint density at radius 2 is 1.56 bits per heavy atom. The Bertz CT molecular complexity index is 987. The van der Waals surface area contributed by atoms with Crippen molar-refractivity contribution in [2.75, 3.05) is 0 Å². The van der Waals surface area contributed by atoms with Crippen molar-refractivity contribution < 1.29 is 8.83 Å². The molecule has 0 bridgehead atoms. The molecule has 8 heteroatoms. The fourth-order valence-corrected chi connectivity index (χ4v) is 2.93. The molecule has 6 nitrogen and oxygen atoms in total. The van der Waals surface area contributed by atoms with Crippen LogP contribution in [0.25, 0.3) is 22.9 Å². The van der Waals surface area contributed by atoms with Crippen LogP contribution in [0.5, 0.6) is 0 Å². The van der Waals surface area contributed by atoms with Crippen LogP contribution in [0.4, 0.5) is 0 Å². The van der Waals surface area contributed by atoms with Crippen LogP contribution >= 0.6 is 23.4 Å². The average Bonchev–Trinajstić information content (AvgIpc) is 3.30. The third-order valence-electron chi connectivity index (χ3n) is 3.28. The minimum absolute atomic E-state index is 0.417. The first-order chi connectivity index (χ1) is 12.3. The van der Waals surface area contributed by atoms with Gasteiger partial charge in [-0.25, -0.2) is 0 Å². The van der Waals surface area contributed by atoms with Crippen LogP contribution in [0.15, 0.2) is 68.7 Å². The van der Waals surface area contributed by atoms with Crippen LogP contribution < -0.4 is 0 Å². The minimum Gasteiger partial charge on any atom is -0.420 e. The van der Waals surface area contributed by atoms with Gasteiger partial charge in [0.15, 0.2) is 0 Å². The summed E-state index contributed by atoms with van der Waals surface area (Å²) in [7, 11) is 0. The molecule has 0 saturated carbocycles. The molecule has 0 atom stereocenters. The monoisotopic (exact) mass is 370 g/mol. The Kier molecular flexibility index (Phi) is 4.49. The number of nitrogens with zero attached hydrogens (tertiary/aromatic N) is 4. The summed E-state index contributed by atoms with van der Waals surface area (Å²) in [6.07, 6.45) is 0. The maximum absolute atomic E-state index is 5.97. The maximum atomic E-state index is 5.97. The van der Waals surface area contributed by atoms with Crippen molar-refractivity contribution in [2.45, 2.75) is 11.0 Å². The highest BCUT2D eigenvalue weighted by Gasteiger charge is 2.13. The summed E-state index contributed by atoms with van der Waals surface area (Å²) in [4.78, 5) is 0. The van der Waals surface area contributed by atoms with Gasteiger partial charge in [0.1, 0.15) is 0 Å². The molecule has 4 aromatic rings. The number of halogens is 1. The van der Waals surface area contributed by atoms with E-state index in [2.05, 4.69) is 20.4 Å². The lowest BCUT2D eigenvalue weighted by Gasteiger charge is -1.95. The average molecular weight is 371 g/mol. The molecule has 0 N–H and O–H groups in total. The quantitative estimate of drug-likeness (QED) is 0.470. The van der Waals surface area contributed by atoms with E-state index >= 15 is 0 Å². The van der Waals surface area contributed by atoms with Crippen molar-refractivity contribution in [1.82, 2.24) is 20.4 Å². The fourth-order valence-electron chi connectivity index (χ4n) is 2.14. The van der Waals surface area contributed by atoms with Gasteiger partial charge in [0.2, 0.25) is 17.7 Å². The largest absolute Gasteiger partial charge is 0.420 e. The zero-order chi connectivity index (χ0) is 17.1. The topological polar surface area (TPSA) is 77.8 Å². The highest BCUT2D eigenvalue weighted by Crippen LogP contribution is 2.27. The van der Waals surface area contributed by atoms with E-state index in [0.29, 0.717) is 33.7 Å². The molecule has 0 unspecified atom stereocenters. The van der Waals surface area contributed by atoms with E-state index < -0.39 is 0 Å². The van der Waals surface area contributed by atoms with Gasteiger partial charge in [-0.3, -0.25) is 0 Å². The highest BCUT2D eigenvalue weighted by molar-refractivity contribution is 7.98. The normalized spacial score (nSPS) is 10.9. The standard InChI is InChI=1S/C17H11ClN4O2S/c18-13-8-4-7-12(9-13)16-21-22-17(24-16)25-10-14-19-20-15(23-14)11-5-2-1-3-6-11/h1-9H,10H2. The third kappa shape index (κ3) is 3.72. The zero-order valence-electron chi connectivity index (χ0n) is 12.8. The Labute approximate surface area is 152 Å². The van der Waals surface area contributed by atoms with Gasteiger partial charge < -0.3 is 8.83 Å². The predicted molar refractivity (Wildman–Crippen MR) is 94.0 cm³/mol. The van der Waals surface area contributed by atoms with Crippen molar-refractivity contribution in [1.29, 1.82) is 0 Å². The molecule has 0 saturated heterocycles. The van der Waals surface area contributed by atoms with E-state index in [9.17, 15) is 0 Å². The smallest absolute Gasteiger partial charge is 0.277 e. The number of hydrogen-bond donors (Lipinski definition) is 0. The molecule has 2 aromatic carbocycles. The molecule has 0 spiro atoms. The predicted octanol–water partition coefficient (Wildman–Crippen LogP) is 4.73. The first-order valence-electron chi connectivity index (χ1n) is 7.38. The Morgan fingerprint density at radius 3 is 2.40 bits per heavy atom. The second-order valence-corrected chi connectivity index (χ2v) is 6.40. The van der Waals surface area contributed by atoms with Crippen LogP contribution in [-0.4, -0.2) is 20.4 Å². The summed E-state index contributed by atoms with van der Waals surface area (Å²) >= 11 is 7.31. The lowest BCUT2D eigenvalue weighted by Crippen LogP contribution is -1.80. The van der Waals surface area contributed by atoms with E-state index in [-0.39, 0.29) is 0 Å².